The summed E-state index contributed by atoms with van der Waals surface area (Å²) in [4.78, 5) is 35.6. The third-order valence-corrected chi connectivity index (χ3v) is 3.97. The molecule has 29 heavy (non-hydrogen) atoms. The summed E-state index contributed by atoms with van der Waals surface area (Å²) in [6.45, 7) is -0.377. The van der Waals surface area contributed by atoms with Crippen LogP contribution in [-0.4, -0.2) is 45.2 Å². The fourth-order valence-electron chi connectivity index (χ4n) is 2.28. The van der Waals surface area contributed by atoms with Gasteiger partial charge in [-0.15, -0.1) is 0 Å². The minimum atomic E-state index is -0.611. The molecule has 0 aliphatic heterocycles. The molecule has 2 aromatic rings. The van der Waals surface area contributed by atoms with Crippen LogP contribution in [0, 0.1) is 0 Å². The zero-order valence-corrected chi connectivity index (χ0v) is 16.7. The maximum absolute atomic E-state index is 12.0. The number of nitrogens with one attached hydrogen (secondary N) is 2. The SMILES string of the molecule is COc1cc(NC(=O)COC(=O)CCNC(=O)c2ccc(Cl)cc2)cc(OC)c1. The van der Waals surface area contributed by atoms with Gasteiger partial charge in [0, 0.05) is 41.0 Å². The van der Waals surface area contributed by atoms with E-state index in [2.05, 4.69) is 10.6 Å². The average Bonchev–Trinajstić information content (AvgIpc) is 2.72. The molecule has 0 aromatic heterocycles. The van der Waals surface area contributed by atoms with E-state index in [1.165, 1.54) is 14.2 Å². The summed E-state index contributed by atoms with van der Waals surface area (Å²) in [6, 6.07) is 11.2. The molecule has 0 saturated heterocycles. The highest BCUT2D eigenvalue weighted by atomic mass is 35.5. The van der Waals surface area contributed by atoms with Crippen molar-refractivity contribution in [3.63, 3.8) is 0 Å². The van der Waals surface area contributed by atoms with Crippen LogP contribution in [0.3, 0.4) is 0 Å². The number of carbonyl (C=O) groups is 3. The number of halogens is 1. The number of ether oxygens (including phenoxy) is 3. The van der Waals surface area contributed by atoms with E-state index >= 15 is 0 Å². The van der Waals surface area contributed by atoms with E-state index in [1.807, 2.05) is 0 Å². The van der Waals surface area contributed by atoms with Crippen molar-refractivity contribution in [2.24, 2.45) is 0 Å². The summed E-state index contributed by atoms with van der Waals surface area (Å²) in [5, 5.41) is 5.71. The van der Waals surface area contributed by atoms with E-state index in [9.17, 15) is 14.4 Å². The normalized spacial score (nSPS) is 10.0. The van der Waals surface area contributed by atoms with E-state index in [0.29, 0.717) is 27.8 Å². The number of methoxy groups -OCH3 is 2. The van der Waals surface area contributed by atoms with Crippen molar-refractivity contribution in [1.82, 2.24) is 5.32 Å². The van der Waals surface area contributed by atoms with E-state index in [1.54, 1.807) is 42.5 Å². The lowest BCUT2D eigenvalue weighted by atomic mass is 10.2. The van der Waals surface area contributed by atoms with Gasteiger partial charge >= 0.3 is 5.97 Å². The van der Waals surface area contributed by atoms with Crippen molar-refractivity contribution < 1.29 is 28.6 Å². The minimum Gasteiger partial charge on any atom is -0.497 e. The molecule has 0 radical (unpaired) electrons. The monoisotopic (exact) mass is 420 g/mol. The molecule has 0 fully saturated rings. The van der Waals surface area contributed by atoms with Crippen molar-refractivity contribution >= 4 is 35.1 Å². The second-order valence-corrected chi connectivity index (χ2v) is 6.26. The van der Waals surface area contributed by atoms with Crippen LogP contribution in [-0.2, 0) is 14.3 Å². The predicted octanol–water partition coefficient (Wildman–Crippen LogP) is 2.66. The number of rotatable bonds is 9. The largest absolute Gasteiger partial charge is 0.497 e. The Hall–Kier alpha value is -3.26. The third-order valence-electron chi connectivity index (χ3n) is 3.72. The van der Waals surface area contributed by atoms with Crippen LogP contribution < -0.4 is 20.1 Å². The Morgan fingerprint density at radius 3 is 2.17 bits per heavy atom. The fraction of sp³-hybridized carbons (Fsp3) is 0.250. The molecule has 0 unspecified atom stereocenters. The lowest BCUT2D eigenvalue weighted by molar-refractivity contribution is -0.147. The highest BCUT2D eigenvalue weighted by Crippen LogP contribution is 2.25. The molecule has 0 spiro atoms. The Morgan fingerprint density at radius 2 is 1.59 bits per heavy atom. The topological polar surface area (TPSA) is 103 Å². The number of hydrogen-bond acceptors (Lipinski definition) is 6. The van der Waals surface area contributed by atoms with Gasteiger partial charge in [0.25, 0.3) is 11.8 Å². The Bertz CT molecular complexity index is 848. The number of hydrogen-bond donors (Lipinski definition) is 2. The molecule has 0 atom stereocenters. The van der Waals surface area contributed by atoms with Crippen molar-refractivity contribution in [3.8, 4) is 11.5 Å². The van der Waals surface area contributed by atoms with Crippen molar-refractivity contribution in [2.45, 2.75) is 6.42 Å². The lowest BCUT2D eigenvalue weighted by Gasteiger charge is -2.10. The zero-order chi connectivity index (χ0) is 21.2. The fourth-order valence-corrected chi connectivity index (χ4v) is 2.40. The molecular formula is C20H21ClN2O6. The number of anilines is 1. The van der Waals surface area contributed by atoms with Crippen LogP contribution in [0.1, 0.15) is 16.8 Å². The molecule has 2 aromatic carbocycles. The number of benzene rings is 2. The van der Waals surface area contributed by atoms with Crippen molar-refractivity contribution in [3.05, 3.63) is 53.1 Å². The predicted molar refractivity (Wildman–Crippen MR) is 108 cm³/mol. The Kier molecular flexibility index (Phi) is 8.29. The smallest absolute Gasteiger partial charge is 0.308 e. The van der Waals surface area contributed by atoms with Gasteiger partial charge < -0.3 is 24.8 Å². The van der Waals surface area contributed by atoms with Crippen LogP contribution in [0.4, 0.5) is 5.69 Å². The summed E-state index contributed by atoms with van der Waals surface area (Å²) in [5.74, 6) is -0.445. The summed E-state index contributed by atoms with van der Waals surface area (Å²) in [5.41, 5.74) is 0.869. The molecule has 2 amide bonds. The van der Waals surface area contributed by atoms with Crippen LogP contribution in [0.2, 0.25) is 5.02 Å². The van der Waals surface area contributed by atoms with Gasteiger partial charge in [0.2, 0.25) is 0 Å². The highest BCUT2D eigenvalue weighted by Gasteiger charge is 2.11. The van der Waals surface area contributed by atoms with Gasteiger partial charge in [-0.1, -0.05) is 11.6 Å². The van der Waals surface area contributed by atoms with Crippen LogP contribution in [0.5, 0.6) is 11.5 Å². The molecule has 0 aliphatic carbocycles. The van der Waals surface area contributed by atoms with Gasteiger partial charge in [-0.05, 0) is 24.3 Å². The second-order valence-electron chi connectivity index (χ2n) is 5.82. The summed E-state index contributed by atoms with van der Waals surface area (Å²) in [7, 11) is 2.99. The Labute approximate surface area is 173 Å². The van der Waals surface area contributed by atoms with Gasteiger partial charge in [-0.3, -0.25) is 14.4 Å². The first kappa shape index (κ1) is 22.0. The summed E-state index contributed by atoms with van der Waals surface area (Å²) >= 11 is 5.77. The molecule has 0 saturated carbocycles. The van der Waals surface area contributed by atoms with Gasteiger partial charge in [-0.2, -0.15) is 0 Å². The molecule has 2 rings (SSSR count). The first-order valence-corrected chi connectivity index (χ1v) is 9.01. The molecule has 8 nitrogen and oxygen atoms in total. The maximum Gasteiger partial charge on any atom is 0.308 e. The quantitative estimate of drug-likeness (QED) is 0.604. The second kappa shape index (κ2) is 10.9. The first-order valence-electron chi connectivity index (χ1n) is 8.63. The average molecular weight is 421 g/mol. The molecule has 154 valence electrons. The highest BCUT2D eigenvalue weighted by molar-refractivity contribution is 6.30. The Morgan fingerprint density at radius 1 is 0.966 bits per heavy atom. The molecule has 0 heterocycles. The molecule has 2 N–H and O–H groups in total. The standard InChI is InChI=1S/C20H21ClN2O6/c1-27-16-9-15(10-17(11-16)28-2)23-18(24)12-29-19(25)7-8-22-20(26)13-3-5-14(21)6-4-13/h3-6,9-11H,7-8,12H2,1-2H3,(H,22,26)(H,23,24). The molecule has 9 heteroatoms. The molecule has 0 aliphatic rings. The minimum absolute atomic E-state index is 0.0698. The van der Waals surface area contributed by atoms with E-state index in [-0.39, 0.29) is 18.9 Å². The van der Waals surface area contributed by atoms with Gasteiger partial charge in [-0.25, -0.2) is 0 Å². The van der Waals surface area contributed by atoms with Crippen LogP contribution in [0.15, 0.2) is 42.5 Å². The number of esters is 1. The van der Waals surface area contributed by atoms with Gasteiger partial charge in [0.15, 0.2) is 6.61 Å². The van der Waals surface area contributed by atoms with Crippen LogP contribution in [0.25, 0.3) is 0 Å². The first-order chi connectivity index (χ1) is 13.9. The van der Waals surface area contributed by atoms with Gasteiger partial charge in [0.05, 0.1) is 20.6 Å². The van der Waals surface area contributed by atoms with Crippen molar-refractivity contribution in [2.75, 3.05) is 32.7 Å². The maximum atomic E-state index is 12.0. The number of carbonyl (C=O) groups excluding carboxylic acids is 3. The summed E-state index contributed by atoms with van der Waals surface area (Å²) < 4.78 is 15.2. The molecular weight excluding hydrogens is 400 g/mol. The van der Waals surface area contributed by atoms with Crippen LogP contribution >= 0.6 is 11.6 Å². The lowest BCUT2D eigenvalue weighted by Crippen LogP contribution is -2.27. The zero-order valence-electron chi connectivity index (χ0n) is 16.0. The molecule has 0 bridgehead atoms. The Balaban J connectivity index is 1.72. The van der Waals surface area contributed by atoms with Gasteiger partial charge in [0.1, 0.15) is 11.5 Å². The third kappa shape index (κ3) is 7.34. The van der Waals surface area contributed by atoms with E-state index in [4.69, 9.17) is 25.8 Å². The van der Waals surface area contributed by atoms with Crippen molar-refractivity contribution in [1.29, 1.82) is 0 Å². The van der Waals surface area contributed by atoms with E-state index < -0.39 is 18.5 Å². The van der Waals surface area contributed by atoms with E-state index in [0.717, 1.165) is 0 Å². The summed E-state index contributed by atoms with van der Waals surface area (Å²) in [6.07, 6.45) is -0.0698. The number of amides is 2.